The summed E-state index contributed by atoms with van der Waals surface area (Å²) in [5.41, 5.74) is 5.37. The van der Waals surface area contributed by atoms with Crippen molar-refractivity contribution in [1.29, 1.82) is 0 Å². The number of carbonyl (C=O) groups excluding carboxylic acids is 1. The van der Waals surface area contributed by atoms with Crippen LogP contribution in [-0.2, 0) is 17.8 Å². The highest BCUT2D eigenvalue weighted by Crippen LogP contribution is 2.15. The van der Waals surface area contributed by atoms with E-state index in [4.69, 9.17) is 10.5 Å². The summed E-state index contributed by atoms with van der Waals surface area (Å²) in [6.45, 7) is 6.54. The molecule has 6 heteroatoms. The maximum Gasteiger partial charge on any atom is 0.315 e. The zero-order valence-electron chi connectivity index (χ0n) is 10.3. The summed E-state index contributed by atoms with van der Waals surface area (Å²) in [5.74, 6) is 1.08. The number of primary amides is 1. The number of fused-ring (bicyclic) bond motifs is 1. The molecule has 2 rings (SSSR count). The SMILES string of the molecule is C=CCOCC1CN(C(N)=O)Cc2nccn2C1. The van der Waals surface area contributed by atoms with E-state index in [1.54, 1.807) is 17.2 Å². The first-order valence-electron chi connectivity index (χ1n) is 5.93. The molecule has 2 N–H and O–H groups in total. The number of hydrogen-bond donors (Lipinski definition) is 1. The second-order valence-corrected chi connectivity index (χ2v) is 4.41. The summed E-state index contributed by atoms with van der Waals surface area (Å²) >= 11 is 0. The van der Waals surface area contributed by atoms with Gasteiger partial charge in [-0.3, -0.25) is 0 Å². The molecule has 98 valence electrons. The highest BCUT2D eigenvalue weighted by Gasteiger charge is 2.24. The maximum atomic E-state index is 11.4. The number of urea groups is 1. The minimum absolute atomic E-state index is 0.216. The molecule has 0 bridgehead atoms. The number of hydrogen-bond acceptors (Lipinski definition) is 3. The van der Waals surface area contributed by atoms with Crippen LogP contribution in [0.5, 0.6) is 0 Å². The first-order chi connectivity index (χ1) is 8.70. The van der Waals surface area contributed by atoms with Crippen molar-refractivity contribution in [3.05, 3.63) is 30.9 Å². The van der Waals surface area contributed by atoms with Crippen LogP contribution in [0.25, 0.3) is 0 Å². The second-order valence-electron chi connectivity index (χ2n) is 4.41. The molecule has 0 radical (unpaired) electrons. The van der Waals surface area contributed by atoms with Crippen molar-refractivity contribution in [1.82, 2.24) is 14.5 Å². The molecule has 0 saturated carbocycles. The molecule has 1 aliphatic rings. The number of carbonyl (C=O) groups is 1. The molecule has 1 aliphatic heterocycles. The molecule has 0 fully saturated rings. The van der Waals surface area contributed by atoms with Gasteiger partial charge in [0.15, 0.2) is 0 Å². The van der Waals surface area contributed by atoms with E-state index < -0.39 is 6.03 Å². The Bertz CT molecular complexity index is 429. The summed E-state index contributed by atoms with van der Waals surface area (Å²) in [4.78, 5) is 17.2. The Morgan fingerprint density at radius 3 is 3.22 bits per heavy atom. The molecule has 18 heavy (non-hydrogen) atoms. The first kappa shape index (κ1) is 12.6. The lowest BCUT2D eigenvalue weighted by molar-refractivity contribution is 0.102. The Morgan fingerprint density at radius 2 is 2.50 bits per heavy atom. The minimum atomic E-state index is -0.417. The monoisotopic (exact) mass is 250 g/mol. The van der Waals surface area contributed by atoms with Gasteiger partial charge in [-0.25, -0.2) is 9.78 Å². The molecule has 2 heterocycles. The smallest absolute Gasteiger partial charge is 0.315 e. The molecule has 1 aromatic heterocycles. The maximum absolute atomic E-state index is 11.4. The van der Waals surface area contributed by atoms with Crippen LogP contribution in [0, 0.1) is 5.92 Å². The van der Waals surface area contributed by atoms with Crippen molar-refractivity contribution in [2.24, 2.45) is 11.7 Å². The topological polar surface area (TPSA) is 73.4 Å². The fourth-order valence-corrected chi connectivity index (χ4v) is 2.13. The highest BCUT2D eigenvalue weighted by molar-refractivity contribution is 5.71. The minimum Gasteiger partial charge on any atom is -0.377 e. The second kappa shape index (κ2) is 5.68. The third-order valence-corrected chi connectivity index (χ3v) is 2.97. The van der Waals surface area contributed by atoms with Crippen LogP contribution in [0.3, 0.4) is 0 Å². The summed E-state index contributed by atoms with van der Waals surface area (Å²) in [6.07, 6.45) is 5.37. The predicted octanol–water partition coefficient (Wildman–Crippen LogP) is 0.596. The van der Waals surface area contributed by atoms with Gasteiger partial charge in [-0.05, 0) is 0 Å². The molecule has 6 nitrogen and oxygen atoms in total. The predicted molar refractivity (Wildman–Crippen MR) is 66.7 cm³/mol. The molecule has 0 saturated heterocycles. The van der Waals surface area contributed by atoms with Crippen molar-refractivity contribution in [3.63, 3.8) is 0 Å². The van der Waals surface area contributed by atoms with E-state index in [0.29, 0.717) is 26.3 Å². The first-order valence-corrected chi connectivity index (χ1v) is 5.93. The third-order valence-electron chi connectivity index (χ3n) is 2.97. The average Bonchev–Trinajstić information content (AvgIpc) is 2.68. The Balaban J connectivity index is 2.07. The van der Waals surface area contributed by atoms with E-state index in [2.05, 4.69) is 11.6 Å². The van der Waals surface area contributed by atoms with Crippen molar-refractivity contribution >= 4 is 6.03 Å². The van der Waals surface area contributed by atoms with Crippen molar-refractivity contribution in [2.45, 2.75) is 13.1 Å². The number of rotatable bonds is 4. The van der Waals surface area contributed by atoms with E-state index in [-0.39, 0.29) is 5.92 Å². The van der Waals surface area contributed by atoms with Gasteiger partial charge < -0.3 is 19.9 Å². The Labute approximate surface area is 106 Å². The third kappa shape index (κ3) is 2.89. The van der Waals surface area contributed by atoms with Crippen LogP contribution >= 0.6 is 0 Å². The Kier molecular flexibility index (Phi) is 3.99. The van der Waals surface area contributed by atoms with Gasteiger partial charge in [-0.15, -0.1) is 6.58 Å². The van der Waals surface area contributed by atoms with Gasteiger partial charge in [0.25, 0.3) is 0 Å². The molecule has 1 aromatic rings. The number of imidazole rings is 1. The number of aromatic nitrogens is 2. The van der Waals surface area contributed by atoms with Gasteiger partial charge >= 0.3 is 6.03 Å². The number of ether oxygens (including phenoxy) is 1. The zero-order chi connectivity index (χ0) is 13.0. The van der Waals surface area contributed by atoms with Crippen molar-refractivity contribution < 1.29 is 9.53 Å². The molecule has 0 spiro atoms. The van der Waals surface area contributed by atoms with Gasteiger partial charge in [0.05, 0.1) is 19.8 Å². The lowest BCUT2D eigenvalue weighted by Gasteiger charge is -2.21. The number of amides is 2. The summed E-state index contributed by atoms with van der Waals surface area (Å²) in [6, 6.07) is -0.417. The molecular formula is C12H18N4O2. The molecule has 0 aliphatic carbocycles. The van der Waals surface area contributed by atoms with Crippen LogP contribution in [0.4, 0.5) is 4.79 Å². The summed E-state index contributed by atoms with van der Waals surface area (Å²) in [5, 5.41) is 0. The van der Waals surface area contributed by atoms with Crippen LogP contribution in [0.1, 0.15) is 5.82 Å². The molecule has 0 aromatic carbocycles. The quantitative estimate of drug-likeness (QED) is 0.628. The van der Waals surface area contributed by atoms with Crippen LogP contribution in [0.2, 0.25) is 0 Å². The lowest BCUT2D eigenvalue weighted by Crippen LogP contribution is -2.38. The average molecular weight is 250 g/mol. The van der Waals surface area contributed by atoms with Crippen LogP contribution < -0.4 is 5.73 Å². The Hall–Kier alpha value is -1.82. The fourth-order valence-electron chi connectivity index (χ4n) is 2.13. The fraction of sp³-hybridized carbons (Fsp3) is 0.500. The standard InChI is InChI=1S/C12H18N4O2/c1-2-5-18-9-10-6-15-4-3-14-11(15)8-16(7-10)12(13)17/h2-4,10H,1,5-9H2,(H2,13,17). The van der Waals surface area contributed by atoms with Gasteiger partial charge in [0, 0.05) is 31.4 Å². The number of nitrogens with zero attached hydrogens (tertiary/aromatic N) is 3. The van der Waals surface area contributed by atoms with E-state index in [9.17, 15) is 4.79 Å². The zero-order valence-corrected chi connectivity index (χ0v) is 10.3. The van der Waals surface area contributed by atoms with Crippen LogP contribution in [0.15, 0.2) is 25.0 Å². The summed E-state index contributed by atoms with van der Waals surface area (Å²) < 4.78 is 7.51. The van der Waals surface area contributed by atoms with E-state index in [1.165, 1.54) is 0 Å². The Morgan fingerprint density at radius 1 is 1.67 bits per heavy atom. The summed E-state index contributed by atoms with van der Waals surface area (Å²) in [7, 11) is 0. The normalized spacial score (nSPS) is 19.1. The van der Waals surface area contributed by atoms with E-state index >= 15 is 0 Å². The highest BCUT2D eigenvalue weighted by atomic mass is 16.5. The largest absolute Gasteiger partial charge is 0.377 e. The lowest BCUT2D eigenvalue weighted by atomic mass is 10.1. The van der Waals surface area contributed by atoms with Gasteiger partial charge in [-0.1, -0.05) is 6.08 Å². The van der Waals surface area contributed by atoms with Crippen molar-refractivity contribution in [3.8, 4) is 0 Å². The van der Waals surface area contributed by atoms with Crippen molar-refractivity contribution in [2.75, 3.05) is 19.8 Å². The molecular weight excluding hydrogens is 232 g/mol. The van der Waals surface area contributed by atoms with Gasteiger partial charge in [0.2, 0.25) is 0 Å². The number of nitrogens with two attached hydrogens (primary N) is 1. The van der Waals surface area contributed by atoms with Gasteiger partial charge in [-0.2, -0.15) is 0 Å². The van der Waals surface area contributed by atoms with Crippen LogP contribution in [-0.4, -0.2) is 40.2 Å². The van der Waals surface area contributed by atoms with E-state index in [0.717, 1.165) is 12.4 Å². The van der Waals surface area contributed by atoms with E-state index in [1.807, 2.05) is 10.8 Å². The molecule has 1 unspecified atom stereocenters. The molecule has 1 atom stereocenters. The molecule has 2 amide bonds. The van der Waals surface area contributed by atoms with Gasteiger partial charge in [0.1, 0.15) is 5.82 Å².